The average molecular weight is 727 g/mol. The second-order valence-electron chi connectivity index (χ2n) is 12.0. The zero-order valence-electron chi connectivity index (χ0n) is 26.0. The quantitative estimate of drug-likeness (QED) is 0.104. The lowest BCUT2D eigenvalue weighted by atomic mass is 9.97. The molecule has 5 rings (SSSR count). The Hall–Kier alpha value is -4.71. The van der Waals surface area contributed by atoms with Crippen molar-refractivity contribution in [1.82, 2.24) is 0 Å². The van der Waals surface area contributed by atoms with Gasteiger partial charge in [-0.05, 0) is 29.4 Å². The monoisotopic (exact) mass is 726 g/mol. The number of ether oxygens (including phenoxy) is 4. The molecule has 4 aliphatic rings. The molecule has 2 saturated heterocycles. The fourth-order valence-corrected chi connectivity index (χ4v) is 5.96. The van der Waals surface area contributed by atoms with Gasteiger partial charge in [0.05, 0.1) is 6.61 Å². The van der Waals surface area contributed by atoms with E-state index in [4.69, 9.17) is 18.9 Å². The van der Waals surface area contributed by atoms with Crippen LogP contribution in [0.5, 0.6) is 11.5 Å². The van der Waals surface area contributed by atoms with Gasteiger partial charge in [0.2, 0.25) is 6.29 Å². The molecule has 11 N–H and O–H groups in total. The van der Waals surface area contributed by atoms with Gasteiger partial charge in [-0.2, -0.15) is 0 Å². The number of hydrogen-bond acceptors (Lipinski definition) is 17. The molecular formula is C30H34N2O19. The van der Waals surface area contributed by atoms with E-state index in [9.17, 15) is 75.3 Å². The van der Waals surface area contributed by atoms with E-state index in [-0.39, 0.29) is 29.7 Å². The topological polar surface area (TPSA) is 343 Å². The van der Waals surface area contributed by atoms with Crippen LogP contribution in [0.15, 0.2) is 41.1 Å². The van der Waals surface area contributed by atoms with E-state index in [1.807, 2.05) is 0 Å². The summed E-state index contributed by atoms with van der Waals surface area (Å²) in [6, 6.07) is -0.352. The molecule has 0 aliphatic carbocycles. The third-order valence-corrected chi connectivity index (χ3v) is 8.64. The molecule has 1 aromatic carbocycles. The van der Waals surface area contributed by atoms with E-state index in [0.29, 0.717) is 0 Å². The Kier molecular flexibility index (Phi) is 10.9. The zero-order valence-corrected chi connectivity index (χ0v) is 26.0. The Bertz CT molecular complexity index is 1640. The maximum atomic E-state index is 12.2. The highest BCUT2D eigenvalue weighted by atomic mass is 16.8. The van der Waals surface area contributed by atoms with Crippen molar-refractivity contribution in [2.75, 3.05) is 11.5 Å². The standard InChI is InChI=1S/C30H34N2O19/c33-8-17-18(35)20(37)24(51-29-22(39)19(36)21(38)23(50-29)28(46)47)30(49-17)48-16-6-10-5-14(27(44)45)32(13(10)7-15(16)34)2-1-9-3-11(25(40)41)31-12(4-9)26(42)43/h1-3,6-7,12,14,17-24,29-30,33-39H,4-5,8H2,(H,40,41)(H,42,43)(H,44,45)(H,46,47)/b2-1+/t12-,14-,17+,18+,19-,20-,21-,22+,23-,24+,29-,30+/m0/s1. The van der Waals surface area contributed by atoms with Crippen LogP contribution in [-0.2, 0) is 39.8 Å². The number of aliphatic hydroxyl groups is 6. The van der Waals surface area contributed by atoms with Gasteiger partial charge in [0.15, 0.2) is 36.0 Å². The number of fused-ring (bicyclic) bond motifs is 1. The first-order valence-corrected chi connectivity index (χ1v) is 15.2. The largest absolute Gasteiger partial charge is 0.504 e. The molecule has 0 unspecified atom stereocenters. The fraction of sp³-hybridized carbons (Fsp3) is 0.500. The lowest BCUT2D eigenvalue weighted by molar-refractivity contribution is -0.353. The molecule has 4 heterocycles. The molecule has 12 atom stereocenters. The summed E-state index contributed by atoms with van der Waals surface area (Å²) in [5.41, 5.74) is 0.111. The Morgan fingerprint density at radius 2 is 1.57 bits per heavy atom. The van der Waals surface area contributed by atoms with E-state index in [1.54, 1.807) is 0 Å². The first-order chi connectivity index (χ1) is 24.0. The van der Waals surface area contributed by atoms with Crippen LogP contribution >= 0.6 is 0 Å². The number of carboxylic acid groups (broad SMARTS) is 4. The number of aromatic hydroxyl groups is 1. The predicted molar refractivity (Wildman–Crippen MR) is 162 cm³/mol. The number of carboxylic acids is 4. The molecule has 0 bridgehead atoms. The summed E-state index contributed by atoms with van der Waals surface area (Å²) in [4.78, 5) is 51.7. The highest BCUT2D eigenvalue weighted by molar-refractivity contribution is 6.41. The number of hydrogen-bond donors (Lipinski definition) is 11. The number of allylic oxidation sites excluding steroid dienone is 1. The molecule has 0 saturated carbocycles. The summed E-state index contributed by atoms with van der Waals surface area (Å²) in [7, 11) is 0. The molecule has 1 aromatic rings. The van der Waals surface area contributed by atoms with Gasteiger partial charge in [0.1, 0.15) is 48.4 Å². The predicted octanol–water partition coefficient (Wildman–Crippen LogP) is -3.87. The highest BCUT2D eigenvalue weighted by Gasteiger charge is 2.53. The molecule has 0 aromatic heterocycles. The summed E-state index contributed by atoms with van der Waals surface area (Å²) >= 11 is 0. The number of aliphatic carboxylic acids is 4. The van der Waals surface area contributed by atoms with Crippen LogP contribution in [0, 0.1) is 0 Å². The number of nitrogens with zero attached hydrogens (tertiary/aromatic N) is 2. The molecule has 4 aliphatic heterocycles. The molecule has 2 fully saturated rings. The first-order valence-electron chi connectivity index (χ1n) is 15.2. The summed E-state index contributed by atoms with van der Waals surface area (Å²) in [6.45, 7) is -0.861. The number of anilines is 1. The lowest BCUT2D eigenvalue weighted by Crippen LogP contribution is -2.65. The highest BCUT2D eigenvalue weighted by Crippen LogP contribution is 2.42. The van der Waals surface area contributed by atoms with Crippen LogP contribution in [-0.4, -0.2) is 166 Å². The van der Waals surface area contributed by atoms with Gasteiger partial charge in [-0.25, -0.2) is 19.2 Å². The van der Waals surface area contributed by atoms with Gasteiger partial charge >= 0.3 is 23.9 Å². The van der Waals surface area contributed by atoms with Gasteiger partial charge in [-0.3, -0.25) is 4.99 Å². The van der Waals surface area contributed by atoms with Gasteiger partial charge in [0, 0.05) is 30.8 Å². The van der Waals surface area contributed by atoms with Crippen molar-refractivity contribution in [1.29, 1.82) is 0 Å². The average Bonchev–Trinajstić information content (AvgIpc) is 3.43. The molecule has 0 amide bonds. The van der Waals surface area contributed by atoms with Crippen LogP contribution in [0.3, 0.4) is 0 Å². The van der Waals surface area contributed by atoms with E-state index in [1.165, 1.54) is 23.2 Å². The van der Waals surface area contributed by atoms with Gasteiger partial charge in [-0.1, -0.05) is 0 Å². The van der Waals surface area contributed by atoms with Crippen LogP contribution in [0.1, 0.15) is 12.0 Å². The van der Waals surface area contributed by atoms with E-state index in [0.717, 1.165) is 12.1 Å². The number of phenolic OH excluding ortho intramolecular Hbond substituents is 1. The summed E-state index contributed by atoms with van der Waals surface area (Å²) in [5.74, 6) is -6.91. The normalized spacial score (nSPS) is 35.1. The number of rotatable bonds is 11. The van der Waals surface area contributed by atoms with Crippen molar-refractivity contribution in [3.63, 3.8) is 0 Å². The third-order valence-electron chi connectivity index (χ3n) is 8.64. The summed E-state index contributed by atoms with van der Waals surface area (Å²) < 4.78 is 21.9. The second-order valence-corrected chi connectivity index (χ2v) is 12.0. The molecule has 21 heteroatoms. The molecule has 0 spiro atoms. The number of benzene rings is 1. The lowest BCUT2D eigenvalue weighted by Gasteiger charge is -2.45. The van der Waals surface area contributed by atoms with Crippen molar-refractivity contribution in [2.45, 2.75) is 86.3 Å². The van der Waals surface area contributed by atoms with Crippen LogP contribution in [0.2, 0.25) is 0 Å². The number of carbonyl (C=O) groups is 4. The molecule has 278 valence electrons. The smallest absolute Gasteiger partial charge is 0.354 e. The summed E-state index contributed by atoms with van der Waals surface area (Å²) in [6.07, 6.45) is -16.1. The SMILES string of the molecule is O=C(O)C1=N[C@H](C(=O)O)CC(/C=C/N2c3cc(O)c(O[C@@H]4O[C@H](CO)[C@@H](O)[C@H](O)[C@H]4O[C@@H]4O[C@H](C(=O)O)[C@@H](O)[C@H](O)[C@H]4O)cc3C[C@H]2C(=O)O)=C1. The van der Waals surface area contributed by atoms with E-state index in [2.05, 4.69) is 4.99 Å². The minimum Gasteiger partial charge on any atom is -0.504 e. The number of phenols is 1. The number of aliphatic hydroxyl groups excluding tert-OH is 6. The van der Waals surface area contributed by atoms with Crippen LogP contribution < -0.4 is 9.64 Å². The minimum atomic E-state index is -2.10. The summed E-state index contributed by atoms with van der Waals surface area (Å²) in [5, 5.41) is 111. The van der Waals surface area contributed by atoms with Gasteiger partial charge < -0.3 is 80.0 Å². The minimum absolute atomic E-state index is 0.147. The van der Waals surface area contributed by atoms with Crippen molar-refractivity contribution < 1.29 is 94.3 Å². The van der Waals surface area contributed by atoms with Crippen molar-refractivity contribution >= 4 is 35.3 Å². The first kappa shape index (κ1) is 37.5. The third kappa shape index (κ3) is 7.51. The van der Waals surface area contributed by atoms with Gasteiger partial charge in [-0.15, -0.1) is 0 Å². The molecule has 0 radical (unpaired) electrons. The Morgan fingerprint density at radius 1 is 0.863 bits per heavy atom. The molecular weight excluding hydrogens is 692 g/mol. The van der Waals surface area contributed by atoms with Gasteiger partial charge in [0.25, 0.3) is 0 Å². The van der Waals surface area contributed by atoms with Crippen molar-refractivity contribution in [3.8, 4) is 11.5 Å². The number of aliphatic imine (C=N–C) groups is 1. The fourth-order valence-electron chi connectivity index (χ4n) is 5.96. The second kappa shape index (κ2) is 14.9. The van der Waals surface area contributed by atoms with Crippen LogP contribution in [0.4, 0.5) is 5.69 Å². The zero-order chi connectivity index (χ0) is 37.5. The van der Waals surface area contributed by atoms with E-state index < -0.39 is 121 Å². The Labute approximate surface area is 285 Å². The Balaban J connectivity index is 1.43. The van der Waals surface area contributed by atoms with Crippen LogP contribution in [0.25, 0.3) is 0 Å². The van der Waals surface area contributed by atoms with E-state index >= 15 is 0 Å². The number of dihydropyridines is 1. The molecule has 51 heavy (non-hydrogen) atoms. The van der Waals surface area contributed by atoms with Crippen molar-refractivity contribution in [3.05, 3.63) is 41.6 Å². The molecule has 21 nitrogen and oxygen atoms in total. The maximum Gasteiger partial charge on any atom is 0.354 e. The van der Waals surface area contributed by atoms with Crippen molar-refractivity contribution in [2.24, 2.45) is 4.99 Å². The maximum absolute atomic E-state index is 12.2. The Morgan fingerprint density at radius 3 is 2.18 bits per heavy atom.